The molecule has 0 heterocycles. The highest BCUT2D eigenvalue weighted by Crippen LogP contribution is 2.38. The van der Waals surface area contributed by atoms with Crippen LogP contribution in [-0.4, -0.2) is 5.11 Å². The minimum atomic E-state index is -0.292. The van der Waals surface area contributed by atoms with Crippen molar-refractivity contribution in [2.75, 3.05) is 0 Å². The first-order valence-electron chi connectivity index (χ1n) is 7.06. The molecule has 18 heavy (non-hydrogen) atoms. The summed E-state index contributed by atoms with van der Waals surface area (Å²) in [5, 5.41) is 10.5. The lowest BCUT2D eigenvalue weighted by atomic mass is 9.77. The van der Waals surface area contributed by atoms with E-state index in [1.54, 1.807) is 0 Å². The average Bonchev–Trinajstić information content (AvgIpc) is 2.41. The average molecular weight is 311 g/mol. The number of hydrogen-bond donors (Lipinski definition) is 1. The molecule has 0 aromatic heterocycles. The Bertz CT molecular complexity index is 394. The Morgan fingerprint density at radius 1 is 1.28 bits per heavy atom. The van der Waals surface area contributed by atoms with Crippen molar-refractivity contribution in [2.24, 2.45) is 11.8 Å². The number of benzene rings is 1. The third-order valence-corrected chi connectivity index (χ3v) is 5.31. The maximum atomic E-state index is 10.5. The molecule has 0 radical (unpaired) electrons. The zero-order chi connectivity index (χ0) is 13.1. The standard InChI is InChI=1S/C16H23BrO/c1-3-12-5-8-13(9-6-12)16(18)14-7-4-11(2)15(17)10-14/h4,7,10,12-13,16,18H,3,5-6,8-9H2,1-2H3. The van der Waals surface area contributed by atoms with Crippen LogP contribution in [-0.2, 0) is 0 Å². The number of aryl methyl sites for hydroxylation is 1. The van der Waals surface area contributed by atoms with Gasteiger partial charge in [-0.25, -0.2) is 0 Å². The van der Waals surface area contributed by atoms with E-state index in [9.17, 15) is 5.11 Å². The second-order valence-corrected chi connectivity index (χ2v) is 6.50. The van der Waals surface area contributed by atoms with Gasteiger partial charge in [0.25, 0.3) is 0 Å². The highest BCUT2D eigenvalue weighted by molar-refractivity contribution is 9.10. The van der Waals surface area contributed by atoms with E-state index in [4.69, 9.17) is 0 Å². The maximum Gasteiger partial charge on any atom is 0.0818 e. The van der Waals surface area contributed by atoms with Crippen LogP contribution in [0.4, 0.5) is 0 Å². The maximum absolute atomic E-state index is 10.5. The molecule has 1 atom stereocenters. The van der Waals surface area contributed by atoms with Gasteiger partial charge in [-0.15, -0.1) is 0 Å². The molecule has 1 aromatic carbocycles. The predicted octanol–water partition coefficient (Wildman–Crippen LogP) is 5.01. The van der Waals surface area contributed by atoms with Crippen LogP contribution in [0.15, 0.2) is 22.7 Å². The molecule has 1 N–H and O–H groups in total. The molecule has 1 fully saturated rings. The van der Waals surface area contributed by atoms with Gasteiger partial charge in [0.15, 0.2) is 0 Å². The van der Waals surface area contributed by atoms with Crippen LogP contribution in [0.2, 0.25) is 0 Å². The van der Waals surface area contributed by atoms with Crippen molar-refractivity contribution in [3.63, 3.8) is 0 Å². The SMILES string of the molecule is CCC1CCC(C(O)c2ccc(C)c(Br)c2)CC1. The molecule has 0 spiro atoms. The molecule has 1 saturated carbocycles. The third kappa shape index (κ3) is 3.16. The molecule has 2 heteroatoms. The Morgan fingerprint density at radius 3 is 2.50 bits per heavy atom. The molecule has 0 saturated heterocycles. The van der Waals surface area contributed by atoms with Crippen LogP contribution in [0.5, 0.6) is 0 Å². The molecule has 2 rings (SSSR count). The van der Waals surface area contributed by atoms with Crippen LogP contribution >= 0.6 is 15.9 Å². The van der Waals surface area contributed by atoms with E-state index in [1.165, 1.54) is 37.7 Å². The van der Waals surface area contributed by atoms with E-state index in [0.29, 0.717) is 5.92 Å². The van der Waals surface area contributed by atoms with Crippen LogP contribution in [0.3, 0.4) is 0 Å². The second kappa shape index (κ2) is 6.21. The van der Waals surface area contributed by atoms with Gasteiger partial charge >= 0.3 is 0 Å². The van der Waals surface area contributed by atoms with Gasteiger partial charge in [0.1, 0.15) is 0 Å². The number of hydrogen-bond acceptors (Lipinski definition) is 1. The Kier molecular flexibility index (Phi) is 4.85. The lowest BCUT2D eigenvalue weighted by Crippen LogP contribution is -2.20. The second-order valence-electron chi connectivity index (χ2n) is 5.64. The zero-order valence-corrected chi connectivity index (χ0v) is 12.9. The third-order valence-electron chi connectivity index (χ3n) is 4.45. The molecule has 1 unspecified atom stereocenters. The number of rotatable bonds is 3. The van der Waals surface area contributed by atoms with Gasteiger partial charge in [0.05, 0.1) is 6.10 Å². The summed E-state index contributed by atoms with van der Waals surface area (Å²) in [7, 11) is 0. The van der Waals surface area contributed by atoms with E-state index >= 15 is 0 Å². The lowest BCUT2D eigenvalue weighted by Gasteiger charge is -2.31. The summed E-state index contributed by atoms with van der Waals surface area (Å²) in [6.07, 6.45) is 5.91. The number of aliphatic hydroxyl groups is 1. The molecule has 0 aliphatic heterocycles. The van der Waals surface area contributed by atoms with E-state index in [2.05, 4.69) is 48.0 Å². The molecule has 1 aliphatic rings. The molecular formula is C16H23BrO. The Labute approximate surface area is 119 Å². The number of halogens is 1. The van der Waals surface area contributed by atoms with E-state index in [-0.39, 0.29) is 6.10 Å². The summed E-state index contributed by atoms with van der Waals surface area (Å²) in [5.74, 6) is 1.33. The quantitative estimate of drug-likeness (QED) is 0.832. The highest BCUT2D eigenvalue weighted by atomic mass is 79.9. The molecule has 1 nitrogen and oxygen atoms in total. The monoisotopic (exact) mass is 310 g/mol. The van der Waals surface area contributed by atoms with Crippen molar-refractivity contribution in [1.82, 2.24) is 0 Å². The lowest BCUT2D eigenvalue weighted by molar-refractivity contribution is 0.0729. The Balaban J connectivity index is 2.03. The summed E-state index contributed by atoms with van der Waals surface area (Å²) < 4.78 is 1.10. The molecule has 0 amide bonds. The fraction of sp³-hybridized carbons (Fsp3) is 0.625. The van der Waals surface area contributed by atoms with Crippen LogP contribution in [0.1, 0.15) is 56.3 Å². The normalized spacial score (nSPS) is 26.0. The van der Waals surface area contributed by atoms with E-state index < -0.39 is 0 Å². The topological polar surface area (TPSA) is 20.2 Å². The Morgan fingerprint density at radius 2 is 1.94 bits per heavy atom. The fourth-order valence-corrected chi connectivity index (χ4v) is 3.37. The van der Waals surface area contributed by atoms with Gasteiger partial charge in [0, 0.05) is 4.47 Å². The largest absolute Gasteiger partial charge is 0.388 e. The minimum Gasteiger partial charge on any atom is -0.388 e. The van der Waals surface area contributed by atoms with Crippen LogP contribution in [0.25, 0.3) is 0 Å². The Hall–Kier alpha value is -0.340. The summed E-state index contributed by atoms with van der Waals surface area (Å²) in [5.41, 5.74) is 2.29. The molecule has 100 valence electrons. The molecule has 1 aromatic rings. The van der Waals surface area contributed by atoms with Crippen LogP contribution in [0, 0.1) is 18.8 Å². The van der Waals surface area contributed by atoms with Crippen molar-refractivity contribution in [3.05, 3.63) is 33.8 Å². The van der Waals surface area contributed by atoms with Crippen molar-refractivity contribution in [2.45, 2.75) is 52.1 Å². The van der Waals surface area contributed by atoms with E-state index in [1.807, 2.05) is 0 Å². The van der Waals surface area contributed by atoms with Crippen molar-refractivity contribution in [3.8, 4) is 0 Å². The van der Waals surface area contributed by atoms with Crippen LogP contribution < -0.4 is 0 Å². The zero-order valence-electron chi connectivity index (χ0n) is 11.3. The van der Waals surface area contributed by atoms with Crippen molar-refractivity contribution in [1.29, 1.82) is 0 Å². The van der Waals surface area contributed by atoms with Gasteiger partial charge in [0.2, 0.25) is 0 Å². The molecule has 0 bridgehead atoms. The van der Waals surface area contributed by atoms with Gasteiger partial charge in [-0.3, -0.25) is 0 Å². The highest BCUT2D eigenvalue weighted by Gasteiger charge is 2.26. The fourth-order valence-electron chi connectivity index (χ4n) is 2.98. The first-order valence-corrected chi connectivity index (χ1v) is 7.85. The first kappa shape index (κ1) is 14.1. The van der Waals surface area contributed by atoms with Gasteiger partial charge < -0.3 is 5.11 Å². The van der Waals surface area contributed by atoms with E-state index in [0.717, 1.165) is 16.0 Å². The minimum absolute atomic E-state index is 0.292. The summed E-state index contributed by atoms with van der Waals surface area (Å²) in [6.45, 7) is 4.35. The predicted molar refractivity (Wildman–Crippen MR) is 79.6 cm³/mol. The smallest absolute Gasteiger partial charge is 0.0818 e. The summed E-state index contributed by atoms with van der Waals surface area (Å²) in [6, 6.07) is 6.23. The first-order chi connectivity index (χ1) is 8.61. The molecule has 1 aliphatic carbocycles. The summed E-state index contributed by atoms with van der Waals surface area (Å²) >= 11 is 3.55. The van der Waals surface area contributed by atoms with Crippen molar-refractivity contribution >= 4 is 15.9 Å². The number of aliphatic hydroxyl groups excluding tert-OH is 1. The van der Waals surface area contributed by atoms with Gasteiger partial charge in [-0.2, -0.15) is 0 Å². The van der Waals surface area contributed by atoms with Gasteiger partial charge in [-0.05, 0) is 48.8 Å². The summed E-state index contributed by atoms with van der Waals surface area (Å²) in [4.78, 5) is 0. The van der Waals surface area contributed by atoms with Gasteiger partial charge in [-0.1, -0.05) is 54.2 Å². The molecular weight excluding hydrogens is 288 g/mol. The van der Waals surface area contributed by atoms with Crippen molar-refractivity contribution < 1.29 is 5.11 Å².